The summed E-state index contributed by atoms with van der Waals surface area (Å²) in [6.07, 6.45) is 4.69. The molecule has 0 fully saturated rings. The summed E-state index contributed by atoms with van der Waals surface area (Å²) < 4.78 is 0. The highest BCUT2D eigenvalue weighted by Crippen LogP contribution is 2.18. The summed E-state index contributed by atoms with van der Waals surface area (Å²) >= 11 is 0. The first-order valence-electron chi connectivity index (χ1n) is 6.47. The van der Waals surface area contributed by atoms with Gasteiger partial charge in [0.25, 0.3) is 5.91 Å². The molecule has 19 heavy (non-hydrogen) atoms. The number of nitrogens with one attached hydrogen (secondary N) is 1. The molecule has 1 aliphatic rings. The highest BCUT2D eigenvalue weighted by molar-refractivity contribution is 5.95. The van der Waals surface area contributed by atoms with E-state index in [2.05, 4.69) is 5.32 Å². The molecular formula is C15H20N2O2. The first-order valence-corrected chi connectivity index (χ1v) is 6.47. The minimum atomic E-state index is -0.0723. The third-order valence-electron chi connectivity index (χ3n) is 3.35. The monoisotopic (exact) mass is 260 g/mol. The molecule has 0 saturated carbocycles. The summed E-state index contributed by atoms with van der Waals surface area (Å²) in [5.41, 5.74) is 1.66. The Balaban J connectivity index is 2.01. The van der Waals surface area contributed by atoms with Gasteiger partial charge >= 0.3 is 0 Å². The maximum Gasteiger partial charge on any atom is 0.251 e. The SMILES string of the molecule is CN(C)c1cccc(C(=O)N[C@@H]2C=C[C@H](CO)C2)c1. The lowest BCUT2D eigenvalue weighted by molar-refractivity contribution is 0.0941. The number of rotatable bonds is 4. The van der Waals surface area contributed by atoms with Crippen molar-refractivity contribution >= 4 is 11.6 Å². The van der Waals surface area contributed by atoms with Crippen molar-refractivity contribution in [3.05, 3.63) is 42.0 Å². The second-order valence-electron chi connectivity index (χ2n) is 5.09. The molecule has 0 unspecified atom stereocenters. The Bertz CT molecular complexity index is 483. The molecule has 0 saturated heterocycles. The zero-order valence-electron chi connectivity index (χ0n) is 11.3. The third kappa shape index (κ3) is 3.35. The minimum absolute atomic E-state index is 0.0210. The van der Waals surface area contributed by atoms with Crippen molar-refractivity contribution in [2.75, 3.05) is 25.6 Å². The van der Waals surface area contributed by atoms with E-state index in [-0.39, 0.29) is 24.5 Å². The van der Waals surface area contributed by atoms with E-state index in [0.29, 0.717) is 5.56 Å². The maximum absolute atomic E-state index is 12.1. The Morgan fingerprint density at radius 2 is 2.21 bits per heavy atom. The van der Waals surface area contributed by atoms with Gasteiger partial charge in [0.1, 0.15) is 0 Å². The van der Waals surface area contributed by atoms with Crippen LogP contribution in [0.15, 0.2) is 36.4 Å². The van der Waals surface area contributed by atoms with E-state index in [1.807, 2.05) is 55.4 Å². The number of benzene rings is 1. The van der Waals surface area contributed by atoms with Crippen LogP contribution in [0, 0.1) is 5.92 Å². The summed E-state index contributed by atoms with van der Waals surface area (Å²) in [5, 5.41) is 12.0. The molecule has 1 aromatic carbocycles. The van der Waals surface area contributed by atoms with Crippen molar-refractivity contribution in [2.24, 2.45) is 5.92 Å². The van der Waals surface area contributed by atoms with Gasteiger partial charge in [-0.15, -0.1) is 0 Å². The normalized spacial score (nSPS) is 21.4. The Hall–Kier alpha value is -1.81. The van der Waals surface area contributed by atoms with Gasteiger partial charge in [-0.1, -0.05) is 18.2 Å². The van der Waals surface area contributed by atoms with Gasteiger partial charge in [0.15, 0.2) is 0 Å². The average Bonchev–Trinajstić information content (AvgIpc) is 2.86. The second-order valence-corrected chi connectivity index (χ2v) is 5.09. The van der Waals surface area contributed by atoms with Crippen molar-refractivity contribution in [3.8, 4) is 0 Å². The van der Waals surface area contributed by atoms with E-state index in [4.69, 9.17) is 5.11 Å². The van der Waals surface area contributed by atoms with E-state index in [1.165, 1.54) is 0 Å². The zero-order valence-corrected chi connectivity index (χ0v) is 11.3. The number of amides is 1. The van der Waals surface area contributed by atoms with Crippen molar-refractivity contribution in [2.45, 2.75) is 12.5 Å². The summed E-state index contributed by atoms with van der Waals surface area (Å²) in [7, 11) is 3.89. The van der Waals surface area contributed by atoms with Gasteiger partial charge < -0.3 is 15.3 Å². The standard InChI is InChI=1S/C15H20N2O2/c1-17(2)14-5-3-4-12(9-14)15(19)16-13-7-6-11(8-13)10-18/h3-7,9,11,13,18H,8,10H2,1-2H3,(H,16,19)/t11-,13+/m0/s1. The molecule has 102 valence electrons. The molecule has 4 nitrogen and oxygen atoms in total. The number of hydrogen-bond donors (Lipinski definition) is 2. The Labute approximate surface area is 113 Å². The molecule has 1 aromatic rings. The molecular weight excluding hydrogens is 240 g/mol. The number of nitrogens with zero attached hydrogens (tertiary/aromatic N) is 1. The van der Waals surface area contributed by atoms with Gasteiger partial charge in [-0.3, -0.25) is 4.79 Å². The first kappa shape index (κ1) is 13.6. The Morgan fingerprint density at radius 3 is 2.84 bits per heavy atom. The zero-order chi connectivity index (χ0) is 13.8. The van der Waals surface area contributed by atoms with E-state index in [1.54, 1.807) is 0 Å². The molecule has 1 amide bonds. The van der Waals surface area contributed by atoms with Crippen LogP contribution in [0.25, 0.3) is 0 Å². The molecule has 4 heteroatoms. The topological polar surface area (TPSA) is 52.6 Å². The quantitative estimate of drug-likeness (QED) is 0.805. The molecule has 0 heterocycles. The highest BCUT2D eigenvalue weighted by atomic mass is 16.3. The fraction of sp³-hybridized carbons (Fsp3) is 0.400. The molecule has 2 N–H and O–H groups in total. The van der Waals surface area contributed by atoms with Gasteiger partial charge in [0.2, 0.25) is 0 Å². The molecule has 1 aliphatic carbocycles. The predicted octanol–water partition coefficient (Wildman–Crippen LogP) is 1.42. The summed E-state index contributed by atoms with van der Waals surface area (Å²) in [4.78, 5) is 14.1. The van der Waals surface area contributed by atoms with E-state index in [9.17, 15) is 4.79 Å². The number of aliphatic hydroxyl groups is 1. The summed E-state index contributed by atoms with van der Waals surface area (Å²) in [6, 6.07) is 7.55. The molecule has 2 rings (SSSR count). The van der Waals surface area contributed by atoms with E-state index in [0.717, 1.165) is 12.1 Å². The van der Waals surface area contributed by atoms with Gasteiger partial charge in [-0.2, -0.15) is 0 Å². The van der Waals surface area contributed by atoms with Crippen LogP contribution in [-0.2, 0) is 0 Å². The van der Waals surface area contributed by atoms with Crippen LogP contribution >= 0.6 is 0 Å². The number of anilines is 1. The van der Waals surface area contributed by atoms with Gasteiger partial charge in [-0.05, 0) is 24.6 Å². The van der Waals surface area contributed by atoms with Crippen molar-refractivity contribution in [1.82, 2.24) is 5.32 Å². The minimum Gasteiger partial charge on any atom is -0.396 e. The van der Waals surface area contributed by atoms with Crippen LogP contribution in [0.4, 0.5) is 5.69 Å². The first-order chi connectivity index (χ1) is 9.10. The van der Waals surface area contributed by atoms with Crippen LogP contribution in [0.3, 0.4) is 0 Å². The summed E-state index contributed by atoms with van der Waals surface area (Å²) in [6.45, 7) is 0.138. The number of aliphatic hydroxyl groups excluding tert-OH is 1. The van der Waals surface area contributed by atoms with Gasteiger partial charge in [0, 0.05) is 43.9 Å². The van der Waals surface area contributed by atoms with Crippen LogP contribution in [0.5, 0.6) is 0 Å². The number of carbonyl (C=O) groups is 1. The molecule has 0 radical (unpaired) electrons. The van der Waals surface area contributed by atoms with E-state index >= 15 is 0 Å². The highest BCUT2D eigenvalue weighted by Gasteiger charge is 2.20. The van der Waals surface area contributed by atoms with Crippen molar-refractivity contribution < 1.29 is 9.90 Å². The fourth-order valence-corrected chi connectivity index (χ4v) is 2.19. The van der Waals surface area contributed by atoms with E-state index < -0.39 is 0 Å². The number of hydrogen-bond acceptors (Lipinski definition) is 3. The van der Waals surface area contributed by atoms with Gasteiger partial charge in [0.05, 0.1) is 0 Å². The molecule has 2 atom stereocenters. The molecule has 0 aromatic heterocycles. The maximum atomic E-state index is 12.1. The van der Waals surface area contributed by atoms with Crippen LogP contribution in [-0.4, -0.2) is 37.8 Å². The molecule has 0 aliphatic heterocycles. The largest absolute Gasteiger partial charge is 0.396 e. The third-order valence-corrected chi connectivity index (χ3v) is 3.35. The van der Waals surface area contributed by atoms with Crippen LogP contribution in [0.1, 0.15) is 16.8 Å². The fourth-order valence-electron chi connectivity index (χ4n) is 2.19. The average molecular weight is 260 g/mol. The molecule has 0 bridgehead atoms. The van der Waals surface area contributed by atoms with Crippen molar-refractivity contribution in [1.29, 1.82) is 0 Å². The van der Waals surface area contributed by atoms with Gasteiger partial charge in [-0.25, -0.2) is 0 Å². The Morgan fingerprint density at radius 1 is 1.42 bits per heavy atom. The van der Waals surface area contributed by atoms with Crippen LogP contribution < -0.4 is 10.2 Å². The lowest BCUT2D eigenvalue weighted by Crippen LogP contribution is -2.33. The van der Waals surface area contributed by atoms with Crippen molar-refractivity contribution in [3.63, 3.8) is 0 Å². The lowest BCUT2D eigenvalue weighted by Gasteiger charge is -2.15. The summed E-state index contributed by atoms with van der Waals surface area (Å²) in [5.74, 6) is 0.0929. The number of carbonyl (C=O) groups excluding carboxylic acids is 1. The Kier molecular flexibility index (Phi) is 4.22. The van der Waals surface area contributed by atoms with Crippen LogP contribution in [0.2, 0.25) is 0 Å². The second kappa shape index (κ2) is 5.89. The molecule has 0 spiro atoms. The lowest BCUT2D eigenvalue weighted by atomic mass is 10.1. The predicted molar refractivity (Wildman–Crippen MR) is 76.4 cm³/mol. The smallest absolute Gasteiger partial charge is 0.251 e.